The minimum Gasteiger partial charge on any atom is -0.466 e. The molecule has 0 saturated heterocycles. The summed E-state index contributed by atoms with van der Waals surface area (Å²) < 4.78 is 9.78. The number of rotatable bonds is 11. The molecule has 1 saturated carbocycles. The lowest BCUT2D eigenvalue weighted by molar-refractivity contribution is -0.153. The minimum absolute atomic E-state index is 0.200. The Morgan fingerprint density at radius 3 is 2.41 bits per heavy atom. The SMILES string of the molecule is C=C1CCCC(C)(C)C1CCC(C)=CCCC(C)=CCOC(=O)CC(=O)OCC. The fourth-order valence-corrected chi connectivity index (χ4v) is 4.05. The Kier molecular flexibility index (Phi) is 11.0. The third kappa shape index (κ3) is 9.96. The van der Waals surface area contributed by atoms with Gasteiger partial charge in [0.25, 0.3) is 0 Å². The maximum Gasteiger partial charge on any atom is 0.317 e. The fraction of sp³-hybridized carbons (Fsp3) is 0.680. The molecule has 0 heterocycles. The van der Waals surface area contributed by atoms with Crippen molar-refractivity contribution >= 4 is 11.9 Å². The van der Waals surface area contributed by atoms with E-state index in [1.165, 1.54) is 42.4 Å². The van der Waals surface area contributed by atoms with Gasteiger partial charge in [0, 0.05) is 0 Å². The standard InChI is InChI=1S/C25H40O4/c1-7-28-23(26)18-24(27)29-17-15-20(3)11-8-10-19(2)13-14-22-21(4)12-9-16-25(22,5)6/h10,15,22H,4,7-9,11-14,16-18H2,1-3,5-6H3. The Morgan fingerprint density at radius 2 is 1.76 bits per heavy atom. The highest BCUT2D eigenvalue weighted by Crippen LogP contribution is 2.45. The third-order valence-corrected chi connectivity index (χ3v) is 5.88. The van der Waals surface area contributed by atoms with E-state index in [0.717, 1.165) is 19.3 Å². The van der Waals surface area contributed by atoms with E-state index in [-0.39, 0.29) is 19.6 Å². The molecule has 1 atom stereocenters. The second-order valence-electron chi connectivity index (χ2n) is 8.90. The monoisotopic (exact) mass is 404 g/mol. The number of allylic oxidation sites excluding steroid dienone is 4. The van der Waals surface area contributed by atoms with Crippen molar-refractivity contribution in [3.63, 3.8) is 0 Å². The van der Waals surface area contributed by atoms with Gasteiger partial charge >= 0.3 is 11.9 Å². The summed E-state index contributed by atoms with van der Waals surface area (Å²) in [4.78, 5) is 22.7. The van der Waals surface area contributed by atoms with Gasteiger partial charge in [0.05, 0.1) is 6.61 Å². The Hall–Kier alpha value is -1.84. The zero-order chi connectivity index (χ0) is 21.9. The Balaban J connectivity index is 2.30. The van der Waals surface area contributed by atoms with Crippen molar-refractivity contribution in [3.05, 3.63) is 35.5 Å². The van der Waals surface area contributed by atoms with E-state index >= 15 is 0 Å². The molecular formula is C25H40O4. The van der Waals surface area contributed by atoms with Crippen molar-refractivity contribution in [1.29, 1.82) is 0 Å². The van der Waals surface area contributed by atoms with E-state index in [0.29, 0.717) is 11.3 Å². The Morgan fingerprint density at radius 1 is 1.10 bits per heavy atom. The van der Waals surface area contributed by atoms with E-state index < -0.39 is 11.9 Å². The number of esters is 2. The van der Waals surface area contributed by atoms with Gasteiger partial charge in [0.15, 0.2) is 0 Å². The van der Waals surface area contributed by atoms with Gasteiger partial charge in [-0.15, -0.1) is 0 Å². The van der Waals surface area contributed by atoms with Gasteiger partial charge in [-0.2, -0.15) is 0 Å². The molecule has 4 nitrogen and oxygen atoms in total. The molecule has 164 valence electrons. The fourth-order valence-electron chi connectivity index (χ4n) is 4.05. The Bertz CT molecular complexity index is 625. The first-order chi connectivity index (χ1) is 13.7. The molecular weight excluding hydrogens is 364 g/mol. The van der Waals surface area contributed by atoms with Gasteiger partial charge in [0.1, 0.15) is 13.0 Å². The molecule has 0 bridgehead atoms. The predicted octanol–water partition coefficient (Wildman–Crippen LogP) is 6.32. The molecule has 1 aliphatic carbocycles. The topological polar surface area (TPSA) is 52.6 Å². The smallest absolute Gasteiger partial charge is 0.317 e. The number of hydrogen-bond donors (Lipinski definition) is 0. The van der Waals surface area contributed by atoms with Gasteiger partial charge < -0.3 is 9.47 Å². The molecule has 0 aromatic rings. The van der Waals surface area contributed by atoms with Crippen molar-refractivity contribution in [2.24, 2.45) is 11.3 Å². The minimum atomic E-state index is -0.546. The Labute approximate surface area is 177 Å². The van der Waals surface area contributed by atoms with Crippen LogP contribution in [0.3, 0.4) is 0 Å². The van der Waals surface area contributed by atoms with Crippen LogP contribution in [-0.2, 0) is 19.1 Å². The summed E-state index contributed by atoms with van der Waals surface area (Å²) in [6.07, 6.45) is 11.9. The van der Waals surface area contributed by atoms with E-state index in [4.69, 9.17) is 9.47 Å². The van der Waals surface area contributed by atoms with Crippen LogP contribution in [0.5, 0.6) is 0 Å². The van der Waals surface area contributed by atoms with Crippen LogP contribution in [0, 0.1) is 11.3 Å². The first-order valence-electron chi connectivity index (χ1n) is 11.0. The summed E-state index contributed by atoms with van der Waals surface area (Å²) >= 11 is 0. The van der Waals surface area contributed by atoms with E-state index in [2.05, 4.69) is 33.4 Å². The van der Waals surface area contributed by atoms with Crippen molar-refractivity contribution in [3.8, 4) is 0 Å². The average Bonchev–Trinajstić information content (AvgIpc) is 2.60. The molecule has 1 rings (SSSR count). The van der Waals surface area contributed by atoms with E-state index in [1.807, 2.05) is 13.0 Å². The van der Waals surface area contributed by atoms with E-state index in [9.17, 15) is 9.59 Å². The maximum atomic E-state index is 11.5. The van der Waals surface area contributed by atoms with Crippen molar-refractivity contribution in [2.75, 3.05) is 13.2 Å². The average molecular weight is 405 g/mol. The molecule has 4 heteroatoms. The van der Waals surface area contributed by atoms with E-state index in [1.54, 1.807) is 6.92 Å². The molecule has 0 amide bonds. The van der Waals surface area contributed by atoms with Crippen LogP contribution in [-0.4, -0.2) is 25.2 Å². The van der Waals surface area contributed by atoms with Crippen molar-refractivity contribution in [2.45, 2.75) is 86.0 Å². The summed E-state index contributed by atoms with van der Waals surface area (Å²) in [6.45, 7) is 15.5. The second kappa shape index (κ2) is 12.7. The quantitative estimate of drug-likeness (QED) is 0.230. The molecule has 0 aromatic heterocycles. The molecule has 29 heavy (non-hydrogen) atoms. The molecule has 0 radical (unpaired) electrons. The van der Waals surface area contributed by atoms with Gasteiger partial charge in [-0.3, -0.25) is 9.59 Å². The van der Waals surface area contributed by atoms with Gasteiger partial charge in [-0.05, 0) is 83.1 Å². The van der Waals surface area contributed by atoms with Crippen molar-refractivity contribution in [1.82, 2.24) is 0 Å². The largest absolute Gasteiger partial charge is 0.466 e. The van der Waals surface area contributed by atoms with Crippen LogP contribution in [0.2, 0.25) is 0 Å². The first kappa shape index (κ1) is 25.2. The molecule has 1 unspecified atom stereocenters. The third-order valence-electron chi connectivity index (χ3n) is 5.88. The predicted molar refractivity (Wildman–Crippen MR) is 118 cm³/mol. The van der Waals surface area contributed by atoms with Crippen LogP contribution in [0.25, 0.3) is 0 Å². The lowest BCUT2D eigenvalue weighted by Gasteiger charge is -2.40. The molecule has 0 N–H and O–H groups in total. The number of hydrogen-bond acceptors (Lipinski definition) is 4. The molecule has 1 fully saturated rings. The number of carbonyl (C=O) groups is 2. The van der Waals surface area contributed by atoms with Gasteiger partial charge in [-0.1, -0.05) is 43.2 Å². The molecule has 0 aromatic carbocycles. The van der Waals surface area contributed by atoms with Crippen LogP contribution in [0.4, 0.5) is 0 Å². The number of carbonyl (C=O) groups excluding carboxylic acids is 2. The van der Waals surface area contributed by atoms with Gasteiger partial charge in [-0.25, -0.2) is 0 Å². The highest BCUT2D eigenvalue weighted by Gasteiger charge is 2.33. The summed E-state index contributed by atoms with van der Waals surface area (Å²) in [5, 5.41) is 0. The molecule has 0 aliphatic heterocycles. The zero-order valence-corrected chi connectivity index (χ0v) is 19.1. The summed E-state index contributed by atoms with van der Waals surface area (Å²) in [5.74, 6) is -0.458. The second-order valence-corrected chi connectivity index (χ2v) is 8.90. The summed E-state index contributed by atoms with van der Waals surface area (Å²) in [5.41, 5.74) is 4.43. The maximum absolute atomic E-state index is 11.5. The lowest BCUT2D eigenvalue weighted by Crippen LogP contribution is -2.29. The van der Waals surface area contributed by atoms with Gasteiger partial charge in [0.2, 0.25) is 0 Å². The highest BCUT2D eigenvalue weighted by atomic mass is 16.6. The normalized spacial score (nSPS) is 19.8. The lowest BCUT2D eigenvalue weighted by atomic mass is 9.65. The summed E-state index contributed by atoms with van der Waals surface area (Å²) in [7, 11) is 0. The molecule has 0 spiro atoms. The zero-order valence-electron chi connectivity index (χ0n) is 19.1. The van der Waals surface area contributed by atoms with Crippen LogP contribution in [0.1, 0.15) is 86.0 Å². The van der Waals surface area contributed by atoms with Crippen LogP contribution >= 0.6 is 0 Å². The number of ether oxygens (including phenoxy) is 2. The van der Waals surface area contributed by atoms with Crippen molar-refractivity contribution < 1.29 is 19.1 Å². The summed E-state index contributed by atoms with van der Waals surface area (Å²) in [6, 6.07) is 0. The van der Waals surface area contributed by atoms with Crippen LogP contribution in [0.15, 0.2) is 35.5 Å². The van der Waals surface area contributed by atoms with Crippen LogP contribution < -0.4 is 0 Å². The molecule has 1 aliphatic rings. The highest BCUT2D eigenvalue weighted by molar-refractivity contribution is 5.91. The first-order valence-corrected chi connectivity index (χ1v) is 11.0.